The van der Waals surface area contributed by atoms with Crippen molar-refractivity contribution < 1.29 is 0 Å². The molecule has 0 atom stereocenters. The first-order valence-electron chi connectivity index (χ1n) is 4.82. The van der Waals surface area contributed by atoms with Gasteiger partial charge >= 0.3 is 0 Å². The first-order valence-corrected chi connectivity index (χ1v) is 4.82. The fourth-order valence-electron chi connectivity index (χ4n) is 1.80. The maximum atomic E-state index is 11.5. The lowest BCUT2D eigenvalue weighted by molar-refractivity contribution is 0.999. The van der Waals surface area contributed by atoms with Gasteiger partial charge < -0.3 is 0 Å². The second-order valence-electron chi connectivity index (χ2n) is 3.71. The lowest BCUT2D eigenvalue weighted by Crippen LogP contribution is -2.13. The van der Waals surface area contributed by atoms with Gasteiger partial charge in [-0.2, -0.15) is 0 Å². The Morgan fingerprint density at radius 1 is 1.36 bits per heavy atom. The van der Waals surface area contributed by atoms with Gasteiger partial charge in [-0.3, -0.25) is 9.20 Å². The highest BCUT2D eigenvalue weighted by atomic mass is 16.1. The Morgan fingerprint density at radius 3 is 3.00 bits per heavy atom. The van der Waals surface area contributed by atoms with Crippen LogP contribution in [0.2, 0.25) is 0 Å². The number of aromatic nitrogens is 2. The molecule has 2 heterocycles. The molecule has 0 N–H and O–H groups in total. The zero-order valence-electron chi connectivity index (χ0n) is 7.68. The third kappa shape index (κ3) is 1.05. The number of pyridine rings is 1. The van der Waals surface area contributed by atoms with Gasteiger partial charge in [-0.15, -0.1) is 0 Å². The van der Waals surface area contributed by atoms with E-state index in [1.165, 1.54) is 24.5 Å². The molecule has 3 heteroatoms. The molecule has 1 saturated carbocycles. The molecular weight excluding hydrogens is 176 g/mol. The second kappa shape index (κ2) is 2.67. The van der Waals surface area contributed by atoms with Crippen molar-refractivity contribution in [2.75, 3.05) is 0 Å². The number of nitrogens with zero attached hydrogens (tertiary/aromatic N) is 2. The summed E-state index contributed by atoms with van der Waals surface area (Å²) in [5, 5.41) is 0. The summed E-state index contributed by atoms with van der Waals surface area (Å²) < 4.78 is 1.62. The van der Waals surface area contributed by atoms with Crippen molar-refractivity contribution in [2.45, 2.75) is 18.8 Å². The molecule has 1 fully saturated rings. The first-order chi connectivity index (χ1) is 6.86. The third-order valence-electron chi connectivity index (χ3n) is 2.67. The quantitative estimate of drug-likeness (QED) is 0.677. The molecule has 1 aliphatic carbocycles. The molecule has 2 aromatic heterocycles. The van der Waals surface area contributed by atoms with Crippen LogP contribution in [0, 0.1) is 0 Å². The number of fused-ring (bicyclic) bond motifs is 1. The first kappa shape index (κ1) is 7.74. The van der Waals surface area contributed by atoms with Gasteiger partial charge in [0.1, 0.15) is 5.65 Å². The largest absolute Gasteiger partial charge is 0.269 e. The molecule has 2 aromatic rings. The predicted molar refractivity (Wildman–Crippen MR) is 53.4 cm³/mol. The van der Waals surface area contributed by atoms with Crippen LogP contribution < -0.4 is 5.56 Å². The third-order valence-corrected chi connectivity index (χ3v) is 2.67. The van der Waals surface area contributed by atoms with Crippen molar-refractivity contribution in [3.05, 3.63) is 46.5 Å². The molecule has 1 aliphatic rings. The molecular formula is C11H10N2O. The Morgan fingerprint density at radius 2 is 2.21 bits per heavy atom. The fourth-order valence-corrected chi connectivity index (χ4v) is 1.80. The van der Waals surface area contributed by atoms with Gasteiger partial charge in [-0.25, -0.2) is 4.98 Å². The van der Waals surface area contributed by atoms with Crippen LogP contribution in [0.5, 0.6) is 0 Å². The Balaban J connectivity index is 2.41. The van der Waals surface area contributed by atoms with Crippen molar-refractivity contribution in [1.29, 1.82) is 0 Å². The van der Waals surface area contributed by atoms with Gasteiger partial charge in [-0.05, 0) is 30.4 Å². The summed E-state index contributed by atoms with van der Waals surface area (Å²) in [7, 11) is 0. The maximum absolute atomic E-state index is 11.5. The smallest absolute Gasteiger partial charge is 0.257 e. The average molecular weight is 186 g/mol. The Hall–Kier alpha value is -1.64. The number of rotatable bonds is 1. The molecule has 14 heavy (non-hydrogen) atoms. The molecule has 0 unspecified atom stereocenters. The van der Waals surface area contributed by atoms with Gasteiger partial charge in [0, 0.05) is 18.5 Å². The van der Waals surface area contributed by atoms with E-state index in [0.717, 1.165) is 5.65 Å². The SMILES string of the molecule is O=c1ccnc2c(C3CC3)cccn12. The standard InChI is InChI=1S/C11H10N2O/c14-10-5-6-12-11-9(8-3-4-8)2-1-7-13(10)11/h1-2,5-8H,3-4H2. The van der Waals surface area contributed by atoms with Crippen LogP contribution in [0.25, 0.3) is 5.65 Å². The molecule has 70 valence electrons. The Bertz CT molecular complexity index is 540. The lowest BCUT2D eigenvalue weighted by atomic mass is 10.2. The number of hydrogen-bond acceptors (Lipinski definition) is 2. The van der Waals surface area contributed by atoms with E-state index < -0.39 is 0 Å². The average Bonchev–Trinajstić information content (AvgIpc) is 3.01. The number of hydrogen-bond donors (Lipinski definition) is 0. The van der Waals surface area contributed by atoms with E-state index in [1.54, 1.807) is 16.8 Å². The molecule has 3 nitrogen and oxygen atoms in total. The van der Waals surface area contributed by atoms with Gasteiger partial charge in [0.05, 0.1) is 0 Å². The molecule has 0 aromatic carbocycles. The summed E-state index contributed by atoms with van der Waals surface area (Å²) in [6.07, 6.45) is 5.81. The van der Waals surface area contributed by atoms with E-state index in [1.807, 2.05) is 6.07 Å². The van der Waals surface area contributed by atoms with Gasteiger partial charge in [0.25, 0.3) is 5.56 Å². The zero-order chi connectivity index (χ0) is 9.54. The minimum atomic E-state index is -0.00231. The van der Waals surface area contributed by atoms with Gasteiger partial charge in [0.15, 0.2) is 0 Å². The molecule has 0 bridgehead atoms. The van der Waals surface area contributed by atoms with Crippen LogP contribution in [0.15, 0.2) is 35.4 Å². The summed E-state index contributed by atoms with van der Waals surface area (Å²) in [6.45, 7) is 0. The van der Waals surface area contributed by atoms with E-state index in [9.17, 15) is 4.79 Å². The van der Waals surface area contributed by atoms with E-state index in [2.05, 4.69) is 11.1 Å². The van der Waals surface area contributed by atoms with Crippen LogP contribution in [0.3, 0.4) is 0 Å². The fraction of sp³-hybridized carbons (Fsp3) is 0.273. The van der Waals surface area contributed by atoms with Gasteiger partial charge in [-0.1, -0.05) is 6.07 Å². The summed E-state index contributed by atoms with van der Waals surface area (Å²) in [4.78, 5) is 15.8. The minimum Gasteiger partial charge on any atom is -0.269 e. The van der Waals surface area contributed by atoms with E-state index in [0.29, 0.717) is 5.92 Å². The zero-order valence-corrected chi connectivity index (χ0v) is 7.68. The van der Waals surface area contributed by atoms with E-state index >= 15 is 0 Å². The van der Waals surface area contributed by atoms with Crippen LogP contribution in [-0.2, 0) is 0 Å². The minimum absolute atomic E-state index is 0.00231. The molecule has 0 saturated heterocycles. The Kier molecular flexibility index (Phi) is 1.48. The molecule has 3 rings (SSSR count). The predicted octanol–water partition coefficient (Wildman–Crippen LogP) is 1.57. The van der Waals surface area contributed by atoms with Crippen molar-refractivity contribution in [3.63, 3.8) is 0 Å². The summed E-state index contributed by atoms with van der Waals surface area (Å²) in [5.41, 5.74) is 2.03. The van der Waals surface area contributed by atoms with Crippen molar-refractivity contribution in [3.8, 4) is 0 Å². The van der Waals surface area contributed by atoms with Gasteiger partial charge in [0.2, 0.25) is 0 Å². The second-order valence-corrected chi connectivity index (χ2v) is 3.71. The van der Waals surface area contributed by atoms with Crippen molar-refractivity contribution in [2.24, 2.45) is 0 Å². The molecule has 0 amide bonds. The van der Waals surface area contributed by atoms with Crippen molar-refractivity contribution >= 4 is 5.65 Å². The van der Waals surface area contributed by atoms with Crippen LogP contribution in [0.4, 0.5) is 0 Å². The topological polar surface area (TPSA) is 34.4 Å². The van der Waals surface area contributed by atoms with Crippen LogP contribution in [-0.4, -0.2) is 9.38 Å². The monoisotopic (exact) mass is 186 g/mol. The van der Waals surface area contributed by atoms with E-state index in [-0.39, 0.29) is 5.56 Å². The Labute approximate surface area is 81.0 Å². The normalized spacial score (nSPS) is 16.0. The molecule has 0 aliphatic heterocycles. The molecule has 0 spiro atoms. The maximum Gasteiger partial charge on any atom is 0.257 e. The summed E-state index contributed by atoms with van der Waals surface area (Å²) in [5.74, 6) is 0.625. The van der Waals surface area contributed by atoms with Crippen LogP contribution in [0.1, 0.15) is 24.3 Å². The molecule has 0 radical (unpaired) electrons. The van der Waals surface area contributed by atoms with Crippen molar-refractivity contribution in [1.82, 2.24) is 9.38 Å². The highest BCUT2D eigenvalue weighted by molar-refractivity contribution is 5.50. The lowest BCUT2D eigenvalue weighted by Gasteiger charge is -2.03. The summed E-state index contributed by atoms with van der Waals surface area (Å²) in [6, 6.07) is 5.48. The summed E-state index contributed by atoms with van der Waals surface area (Å²) >= 11 is 0. The van der Waals surface area contributed by atoms with E-state index in [4.69, 9.17) is 0 Å². The highest BCUT2D eigenvalue weighted by Crippen LogP contribution is 2.41. The highest BCUT2D eigenvalue weighted by Gasteiger charge is 2.25. The van der Waals surface area contributed by atoms with Crippen LogP contribution >= 0.6 is 0 Å².